The summed E-state index contributed by atoms with van der Waals surface area (Å²) in [7, 11) is 0. The lowest BCUT2D eigenvalue weighted by Crippen LogP contribution is -2.43. The van der Waals surface area contributed by atoms with Crippen LogP contribution in [0.2, 0.25) is 0 Å². The average Bonchev–Trinajstić information content (AvgIpc) is 2.52. The molecule has 1 atom stereocenters. The summed E-state index contributed by atoms with van der Waals surface area (Å²) in [4.78, 5) is 23.6. The summed E-state index contributed by atoms with van der Waals surface area (Å²) < 4.78 is 12.3. The fourth-order valence-electron chi connectivity index (χ4n) is 1.79. The molecule has 0 aliphatic heterocycles. The SMILES string of the molecule is C=C(C)C(=O)OC(C[n+]1ccccc1)OC(=O)CCCCCBr. The normalized spacial score (nSPS) is 11.6. The number of hydrogen-bond acceptors (Lipinski definition) is 4. The molecule has 23 heavy (non-hydrogen) atoms. The van der Waals surface area contributed by atoms with Crippen LogP contribution in [0.3, 0.4) is 0 Å². The van der Waals surface area contributed by atoms with Crippen LogP contribution in [0.15, 0.2) is 42.7 Å². The Morgan fingerprint density at radius 1 is 1.13 bits per heavy atom. The van der Waals surface area contributed by atoms with Crippen molar-refractivity contribution in [3.63, 3.8) is 0 Å². The lowest BCUT2D eigenvalue weighted by atomic mass is 10.2. The van der Waals surface area contributed by atoms with Crippen LogP contribution in [0, 0.1) is 0 Å². The van der Waals surface area contributed by atoms with Gasteiger partial charge in [0.25, 0.3) is 0 Å². The Bertz CT molecular complexity index is 519. The maximum atomic E-state index is 11.9. The van der Waals surface area contributed by atoms with Gasteiger partial charge in [0, 0.05) is 29.5 Å². The van der Waals surface area contributed by atoms with Crippen LogP contribution in [0.4, 0.5) is 0 Å². The first kappa shape index (κ1) is 19.4. The van der Waals surface area contributed by atoms with Crippen molar-refractivity contribution in [1.29, 1.82) is 0 Å². The highest BCUT2D eigenvalue weighted by Crippen LogP contribution is 2.07. The van der Waals surface area contributed by atoms with Crippen molar-refractivity contribution in [2.45, 2.75) is 45.4 Å². The zero-order valence-corrected chi connectivity index (χ0v) is 15.0. The fourth-order valence-corrected chi connectivity index (χ4v) is 2.19. The summed E-state index contributed by atoms with van der Waals surface area (Å²) in [6.45, 7) is 5.33. The Kier molecular flexibility index (Phi) is 9.21. The third-order valence-electron chi connectivity index (χ3n) is 3.00. The van der Waals surface area contributed by atoms with Gasteiger partial charge < -0.3 is 9.47 Å². The molecule has 0 N–H and O–H groups in total. The molecule has 0 fully saturated rings. The van der Waals surface area contributed by atoms with E-state index in [1.54, 1.807) is 11.5 Å². The van der Waals surface area contributed by atoms with E-state index >= 15 is 0 Å². The highest BCUT2D eigenvalue weighted by molar-refractivity contribution is 9.09. The number of pyridine rings is 1. The Labute approximate surface area is 145 Å². The number of ether oxygens (including phenoxy) is 2. The third kappa shape index (κ3) is 8.50. The zero-order valence-electron chi connectivity index (χ0n) is 13.4. The quantitative estimate of drug-likeness (QED) is 0.155. The van der Waals surface area contributed by atoms with E-state index in [1.807, 2.05) is 30.6 Å². The number of hydrogen-bond donors (Lipinski definition) is 0. The summed E-state index contributed by atoms with van der Waals surface area (Å²) in [6, 6.07) is 5.57. The number of unbranched alkanes of at least 4 members (excludes halogenated alkanes) is 2. The summed E-state index contributed by atoms with van der Waals surface area (Å²) >= 11 is 3.35. The standard InChI is InChI=1S/C17H23BrNO4/c1-14(2)17(21)23-16(13-19-11-7-4-8-12-19)22-15(20)9-5-3-6-10-18/h4,7-8,11-12,16H,1,3,5-6,9-10,13H2,2H3/q+1. The van der Waals surface area contributed by atoms with Gasteiger partial charge in [-0.3, -0.25) is 4.79 Å². The fraction of sp³-hybridized carbons (Fsp3) is 0.471. The second-order valence-corrected chi connectivity index (χ2v) is 5.97. The maximum absolute atomic E-state index is 11.9. The van der Waals surface area contributed by atoms with Crippen molar-refractivity contribution in [2.24, 2.45) is 0 Å². The van der Waals surface area contributed by atoms with Crippen LogP contribution < -0.4 is 4.57 Å². The van der Waals surface area contributed by atoms with E-state index in [4.69, 9.17) is 9.47 Å². The number of rotatable bonds is 10. The summed E-state index contributed by atoms with van der Waals surface area (Å²) in [5.74, 6) is -0.936. The van der Waals surface area contributed by atoms with E-state index in [9.17, 15) is 9.59 Å². The molecule has 0 radical (unpaired) electrons. The molecule has 1 aromatic rings. The molecule has 0 saturated heterocycles. The Morgan fingerprint density at radius 2 is 1.83 bits per heavy atom. The lowest BCUT2D eigenvalue weighted by molar-refractivity contribution is -0.708. The number of aromatic nitrogens is 1. The summed E-state index contributed by atoms with van der Waals surface area (Å²) in [5.41, 5.74) is 0.265. The number of halogens is 1. The Hall–Kier alpha value is -1.69. The highest BCUT2D eigenvalue weighted by Gasteiger charge is 2.23. The van der Waals surface area contributed by atoms with Gasteiger partial charge in [-0.2, -0.15) is 4.57 Å². The second-order valence-electron chi connectivity index (χ2n) is 5.18. The van der Waals surface area contributed by atoms with Gasteiger partial charge in [-0.1, -0.05) is 35.0 Å². The van der Waals surface area contributed by atoms with E-state index in [0.29, 0.717) is 6.42 Å². The molecule has 0 amide bonds. The summed E-state index contributed by atoms with van der Waals surface area (Å²) in [5, 5.41) is 0.922. The number of esters is 2. The van der Waals surface area contributed by atoms with Crippen LogP contribution in [0.1, 0.15) is 32.6 Å². The van der Waals surface area contributed by atoms with E-state index in [2.05, 4.69) is 22.5 Å². The van der Waals surface area contributed by atoms with Crippen LogP contribution in [-0.4, -0.2) is 23.6 Å². The molecule has 126 valence electrons. The number of nitrogens with zero attached hydrogens (tertiary/aromatic N) is 1. The minimum atomic E-state index is -0.963. The van der Waals surface area contributed by atoms with Gasteiger partial charge in [0.2, 0.25) is 6.54 Å². The highest BCUT2D eigenvalue weighted by atomic mass is 79.9. The van der Waals surface area contributed by atoms with Crippen LogP contribution in [-0.2, 0) is 25.6 Å². The van der Waals surface area contributed by atoms with E-state index in [0.717, 1.165) is 24.6 Å². The van der Waals surface area contributed by atoms with Crippen molar-refractivity contribution in [3.05, 3.63) is 42.7 Å². The molecule has 6 heteroatoms. The molecular weight excluding hydrogens is 362 g/mol. The molecule has 0 spiro atoms. The minimum absolute atomic E-state index is 0.243. The molecule has 1 heterocycles. The van der Waals surface area contributed by atoms with Crippen molar-refractivity contribution in [1.82, 2.24) is 0 Å². The van der Waals surface area contributed by atoms with Gasteiger partial charge in [0.05, 0.1) is 0 Å². The molecule has 0 aromatic carbocycles. The molecule has 0 aliphatic carbocycles. The first-order valence-corrected chi connectivity index (χ1v) is 8.71. The smallest absolute Gasteiger partial charge is 0.336 e. The van der Waals surface area contributed by atoms with Crippen LogP contribution in [0.25, 0.3) is 0 Å². The minimum Gasteiger partial charge on any atom is -0.418 e. The molecular formula is C17H23BrNO4+. The summed E-state index contributed by atoms with van der Waals surface area (Å²) in [6.07, 6.45) is 5.69. The van der Waals surface area contributed by atoms with Gasteiger partial charge in [0.1, 0.15) is 0 Å². The van der Waals surface area contributed by atoms with Gasteiger partial charge >= 0.3 is 18.2 Å². The average molecular weight is 385 g/mol. The number of alkyl halides is 1. The molecule has 0 saturated carbocycles. The second kappa shape index (κ2) is 10.9. The predicted molar refractivity (Wildman–Crippen MR) is 89.7 cm³/mol. The first-order valence-electron chi connectivity index (χ1n) is 7.59. The van der Waals surface area contributed by atoms with Gasteiger partial charge in [-0.25, -0.2) is 4.79 Å². The molecule has 0 bridgehead atoms. The first-order chi connectivity index (χ1) is 11.0. The van der Waals surface area contributed by atoms with Crippen molar-refractivity contribution < 1.29 is 23.6 Å². The van der Waals surface area contributed by atoms with E-state index < -0.39 is 12.3 Å². The molecule has 0 aliphatic rings. The lowest BCUT2D eigenvalue weighted by Gasteiger charge is -2.16. The van der Waals surface area contributed by atoms with E-state index in [1.165, 1.54) is 0 Å². The van der Waals surface area contributed by atoms with E-state index in [-0.39, 0.29) is 18.1 Å². The van der Waals surface area contributed by atoms with Crippen molar-refractivity contribution >= 4 is 27.9 Å². The molecule has 1 rings (SSSR count). The van der Waals surface area contributed by atoms with Gasteiger partial charge in [-0.15, -0.1) is 0 Å². The van der Waals surface area contributed by atoms with Crippen LogP contribution >= 0.6 is 15.9 Å². The molecule has 1 unspecified atom stereocenters. The predicted octanol–water partition coefficient (Wildman–Crippen LogP) is 2.92. The third-order valence-corrected chi connectivity index (χ3v) is 3.56. The monoisotopic (exact) mass is 384 g/mol. The number of carbonyl (C=O) groups excluding carboxylic acids is 2. The Balaban J connectivity index is 2.58. The zero-order chi connectivity index (χ0) is 17.1. The van der Waals surface area contributed by atoms with Gasteiger partial charge in [0.15, 0.2) is 12.4 Å². The maximum Gasteiger partial charge on any atom is 0.336 e. The topological polar surface area (TPSA) is 56.5 Å². The van der Waals surface area contributed by atoms with Crippen LogP contribution in [0.5, 0.6) is 0 Å². The largest absolute Gasteiger partial charge is 0.418 e. The van der Waals surface area contributed by atoms with Gasteiger partial charge in [-0.05, 0) is 19.8 Å². The van der Waals surface area contributed by atoms with Crippen molar-refractivity contribution in [3.8, 4) is 0 Å². The molecule has 5 nitrogen and oxygen atoms in total. The molecule has 1 aromatic heterocycles. The van der Waals surface area contributed by atoms with Crippen molar-refractivity contribution in [2.75, 3.05) is 5.33 Å². The Morgan fingerprint density at radius 3 is 2.43 bits per heavy atom. The number of carbonyl (C=O) groups is 2.